The molecule has 0 heterocycles. The highest BCUT2D eigenvalue weighted by Crippen LogP contribution is 2.14. The van der Waals surface area contributed by atoms with Gasteiger partial charge in [-0.2, -0.15) is 0 Å². The van der Waals surface area contributed by atoms with Gasteiger partial charge in [-0.1, -0.05) is 30.3 Å². The molecule has 0 radical (unpaired) electrons. The maximum Gasteiger partial charge on any atom is 0.225 e. The van der Waals surface area contributed by atoms with Crippen LogP contribution in [0.5, 0.6) is 0 Å². The van der Waals surface area contributed by atoms with Gasteiger partial charge in [-0.3, -0.25) is 4.79 Å². The SMILES string of the molecule is CN(C)CCC(=O)Nc1ccc(NCc2ccccc2)cc1. The number of anilines is 2. The van der Waals surface area contributed by atoms with Crippen LogP contribution in [-0.4, -0.2) is 31.4 Å². The molecule has 0 aliphatic carbocycles. The van der Waals surface area contributed by atoms with Gasteiger partial charge < -0.3 is 15.5 Å². The number of hydrogen-bond donors (Lipinski definition) is 2. The van der Waals surface area contributed by atoms with Gasteiger partial charge in [0.05, 0.1) is 0 Å². The molecular weight excluding hydrogens is 274 g/mol. The minimum Gasteiger partial charge on any atom is -0.381 e. The molecule has 22 heavy (non-hydrogen) atoms. The fourth-order valence-corrected chi connectivity index (χ4v) is 2.02. The van der Waals surface area contributed by atoms with Gasteiger partial charge in [0.1, 0.15) is 0 Å². The highest BCUT2D eigenvalue weighted by Gasteiger charge is 2.03. The lowest BCUT2D eigenvalue weighted by molar-refractivity contribution is -0.116. The van der Waals surface area contributed by atoms with Crippen LogP contribution >= 0.6 is 0 Å². The number of benzene rings is 2. The lowest BCUT2D eigenvalue weighted by Gasteiger charge is -2.11. The molecule has 0 aliphatic rings. The van der Waals surface area contributed by atoms with E-state index in [4.69, 9.17) is 0 Å². The normalized spacial score (nSPS) is 10.5. The van der Waals surface area contributed by atoms with Crippen molar-refractivity contribution in [2.45, 2.75) is 13.0 Å². The number of nitrogens with one attached hydrogen (secondary N) is 2. The monoisotopic (exact) mass is 297 g/mol. The van der Waals surface area contributed by atoms with Gasteiger partial charge in [0.2, 0.25) is 5.91 Å². The number of hydrogen-bond acceptors (Lipinski definition) is 3. The molecule has 2 N–H and O–H groups in total. The summed E-state index contributed by atoms with van der Waals surface area (Å²) in [6.45, 7) is 1.54. The Kier molecular flexibility index (Phi) is 5.98. The van der Waals surface area contributed by atoms with E-state index >= 15 is 0 Å². The van der Waals surface area contributed by atoms with Gasteiger partial charge in [-0.15, -0.1) is 0 Å². The molecule has 116 valence electrons. The molecule has 0 bridgehead atoms. The number of rotatable bonds is 7. The molecule has 4 heteroatoms. The first-order valence-corrected chi connectivity index (χ1v) is 7.46. The Morgan fingerprint density at radius 2 is 1.59 bits per heavy atom. The van der Waals surface area contributed by atoms with Gasteiger partial charge >= 0.3 is 0 Å². The van der Waals surface area contributed by atoms with Crippen molar-refractivity contribution in [3.05, 3.63) is 60.2 Å². The van der Waals surface area contributed by atoms with Crippen molar-refractivity contribution in [2.75, 3.05) is 31.3 Å². The third kappa shape index (κ3) is 5.58. The van der Waals surface area contributed by atoms with Crippen molar-refractivity contribution < 1.29 is 4.79 Å². The van der Waals surface area contributed by atoms with E-state index in [2.05, 4.69) is 22.8 Å². The van der Waals surface area contributed by atoms with E-state index in [1.165, 1.54) is 5.56 Å². The van der Waals surface area contributed by atoms with E-state index < -0.39 is 0 Å². The summed E-state index contributed by atoms with van der Waals surface area (Å²) in [4.78, 5) is 13.8. The molecule has 2 rings (SSSR count). The largest absolute Gasteiger partial charge is 0.381 e. The van der Waals surface area contributed by atoms with Crippen LogP contribution in [0.25, 0.3) is 0 Å². The van der Waals surface area contributed by atoms with Gasteiger partial charge in [0.15, 0.2) is 0 Å². The standard InChI is InChI=1S/C18H23N3O/c1-21(2)13-12-18(22)20-17-10-8-16(9-11-17)19-14-15-6-4-3-5-7-15/h3-11,19H,12-14H2,1-2H3,(H,20,22). The summed E-state index contributed by atoms with van der Waals surface area (Å²) < 4.78 is 0. The molecule has 2 aromatic rings. The Bertz CT molecular complexity index is 579. The number of carbonyl (C=O) groups is 1. The fraction of sp³-hybridized carbons (Fsp3) is 0.278. The van der Waals surface area contributed by atoms with E-state index in [1.54, 1.807) is 0 Å². The lowest BCUT2D eigenvalue weighted by atomic mass is 10.2. The van der Waals surface area contributed by atoms with Crippen LogP contribution in [0.3, 0.4) is 0 Å². The summed E-state index contributed by atoms with van der Waals surface area (Å²) in [6.07, 6.45) is 0.501. The van der Waals surface area contributed by atoms with Crippen LogP contribution in [0.1, 0.15) is 12.0 Å². The van der Waals surface area contributed by atoms with Crippen molar-refractivity contribution in [3.63, 3.8) is 0 Å². The first kappa shape index (κ1) is 16.0. The van der Waals surface area contributed by atoms with Crippen molar-refractivity contribution in [2.24, 2.45) is 0 Å². The molecule has 0 spiro atoms. The summed E-state index contributed by atoms with van der Waals surface area (Å²) in [5.74, 6) is 0.0405. The van der Waals surface area contributed by atoms with Crippen LogP contribution in [-0.2, 0) is 11.3 Å². The predicted molar refractivity (Wildman–Crippen MR) is 92.0 cm³/mol. The van der Waals surface area contributed by atoms with E-state index in [0.717, 1.165) is 24.5 Å². The molecule has 4 nitrogen and oxygen atoms in total. The smallest absolute Gasteiger partial charge is 0.225 e. The van der Waals surface area contributed by atoms with Crippen LogP contribution in [0.4, 0.5) is 11.4 Å². The minimum absolute atomic E-state index is 0.0405. The second kappa shape index (κ2) is 8.20. The Hall–Kier alpha value is -2.33. The quantitative estimate of drug-likeness (QED) is 0.825. The average Bonchev–Trinajstić information content (AvgIpc) is 2.53. The zero-order valence-electron chi connectivity index (χ0n) is 13.2. The van der Waals surface area contributed by atoms with Gasteiger partial charge in [-0.05, 0) is 43.9 Å². The third-order valence-corrected chi connectivity index (χ3v) is 3.29. The summed E-state index contributed by atoms with van der Waals surface area (Å²) in [7, 11) is 3.92. The fourth-order valence-electron chi connectivity index (χ4n) is 2.02. The number of nitrogens with zero attached hydrogens (tertiary/aromatic N) is 1. The summed E-state index contributed by atoms with van der Waals surface area (Å²) >= 11 is 0. The van der Waals surface area contributed by atoms with Gasteiger partial charge in [0.25, 0.3) is 0 Å². The van der Waals surface area contributed by atoms with Crippen LogP contribution in [0.2, 0.25) is 0 Å². The van der Waals surface area contributed by atoms with Crippen LogP contribution in [0, 0.1) is 0 Å². The van der Waals surface area contributed by atoms with E-state index in [-0.39, 0.29) is 5.91 Å². The molecular formula is C18H23N3O. The van der Waals surface area contributed by atoms with Crippen molar-refractivity contribution in [1.29, 1.82) is 0 Å². The molecule has 0 aromatic heterocycles. The zero-order valence-corrected chi connectivity index (χ0v) is 13.2. The predicted octanol–water partition coefficient (Wildman–Crippen LogP) is 3.19. The average molecular weight is 297 g/mol. The Morgan fingerprint density at radius 3 is 2.23 bits per heavy atom. The molecule has 0 unspecified atom stereocenters. The molecule has 0 atom stereocenters. The van der Waals surface area contributed by atoms with Gasteiger partial charge in [-0.25, -0.2) is 0 Å². The molecule has 0 saturated heterocycles. The van der Waals surface area contributed by atoms with Crippen LogP contribution in [0.15, 0.2) is 54.6 Å². The second-order valence-electron chi connectivity index (χ2n) is 5.52. The van der Waals surface area contributed by atoms with Crippen LogP contribution < -0.4 is 10.6 Å². The summed E-state index contributed by atoms with van der Waals surface area (Å²) in [5, 5.41) is 6.27. The number of carbonyl (C=O) groups excluding carboxylic acids is 1. The minimum atomic E-state index is 0.0405. The zero-order chi connectivity index (χ0) is 15.8. The maximum absolute atomic E-state index is 11.8. The maximum atomic E-state index is 11.8. The molecule has 0 aliphatic heterocycles. The first-order chi connectivity index (χ1) is 10.6. The summed E-state index contributed by atoms with van der Waals surface area (Å²) in [6, 6.07) is 18.0. The van der Waals surface area contributed by atoms with Crippen molar-refractivity contribution in [3.8, 4) is 0 Å². The molecule has 0 fully saturated rings. The molecule has 2 aromatic carbocycles. The Balaban J connectivity index is 1.81. The topological polar surface area (TPSA) is 44.4 Å². The molecule has 1 amide bonds. The highest BCUT2D eigenvalue weighted by atomic mass is 16.1. The van der Waals surface area contributed by atoms with Crippen molar-refractivity contribution in [1.82, 2.24) is 4.90 Å². The molecule has 0 saturated carbocycles. The van der Waals surface area contributed by atoms with E-state index in [0.29, 0.717) is 6.42 Å². The van der Waals surface area contributed by atoms with E-state index in [9.17, 15) is 4.79 Å². The van der Waals surface area contributed by atoms with Gasteiger partial charge in [0, 0.05) is 30.9 Å². The Labute approximate surface area is 132 Å². The third-order valence-electron chi connectivity index (χ3n) is 3.29. The van der Waals surface area contributed by atoms with E-state index in [1.807, 2.05) is 61.5 Å². The first-order valence-electron chi connectivity index (χ1n) is 7.46. The van der Waals surface area contributed by atoms with Crippen molar-refractivity contribution >= 4 is 17.3 Å². The summed E-state index contributed by atoms with van der Waals surface area (Å²) in [5.41, 5.74) is 3.10. The Morgan fingerprint density at radius 1 is 0.955 bits per heavy atom. The number of amides is 1. The highest BCUT2D eigenvalue weighted by molar-refractivity contribution is 5.90. The lowest BCUT2D eigenvalue weighted by Crippen LogP contribution is -2.20. The second-order valence-corrected chi connectivity index (χ2v) is 5.52.